The van der Waals surface area contributed by atoms with Crippen LogP contribution in [0.4, 0.5) is 0 Å². The van der Waals surface area contributed by atoms with Crippen molar-refractivity contribution in [2.75, 3.05) is 17.5 Å². The maximum atomic E-state index is 12.3. The maximum absolute atomic E-state index is 12.3. The number of fused-ring (bicyclic) bond motifs is 1. The van der Waals surface area contributed by atoms with Crippen molar-refractivity contribution in [2.45, 2.75) is 39.5 Å². The molecule has 0 aromatic heterocycles. The number of phenolic OH excluding ortho intramolecular Hbond substituents is 1. The van der Waals surface area contributed by atoms with E-state index in [9.17, 15) is 9.90 Å². The van der Waals surface area contributed by atoms with Gasteiger partial charge in [-0.2, -0.15) is 0 Å². The molecule has 0 saturated carbocycles. The van der Waals surface area contributed by atoms with Crippen LogP contribution in [0.25, 0.3) is 0 Å². The van der Waals surface area contributed by atoms with Crippen molar-refractivity contribution in [1.29, 1.82) is 0 Å². The van der Waals surface area contributed by atoms with Gasteiger partial charge in [0.25, 0.3) is 0 Å². The van der Waals surface area contributed by atoms with E-state index < -0.39 is 0 Å². The summed E-state index contributed by atoms with van der Waals surface area (Å²) in [4.78, 5) is 12.3. The van der Waals surface area contributed by atoms with Gasteiger partial charge in [0.1, 0.15) is 5.75 Å². The van der Waals surface area contributed by atoms with Crippen molar-refractivity contribution in [3.05, 3.63) is 85.5 Å². The van der Waals surface area contributed by atoms with E-state index >= 15 is 0 Å². The van der Waals surface area contributed by atoms with Gasteiger partial charge in [-0.15, -0.1) is 0 Å². The zero-order valence-corrected chi connectivity index (χ0v) is 27.8. The van der Waals surface area contributed by atoms with Crippen LogP contribution in [0.5, 0.6) is 5.75 Å². The fourth-order valence-electron chi connectivity index (χ4n) is 4.26. The quantitative estimate of drug-likeness (QED) is 0.158. The number of hydrogen-bond donors (Lipinski definition) is 3. The van der Waals surface area contributed by atoms with E-state index in [-0.39, 0.29) is 66.4 Å². The average molecular weight is 833 g/mol. The van der Waals surface area contributed by atoms with Crippen LogP contribution in [-0.2, 0) is 11.2 Å². The normalized spacial score (nSPS) is 17.9. The van der Waals surface area contributed by atoms with E-state index in [0.717, 1.165) is 42.4 Å². The molecule has 1 unspecified atom stereocenters. The van der Waals surface area contributed by atoms with Gasteiger partial charge >= 0.3 is 204 Å². The topological polar surface area (TPSA) is 61.4 Å². The Labute approximate surface area is 248 Å². The number of phenols is 1. The molecule has 0 bridgehead atoms. The molecule has 0 spiro atoms. The van der Waals surface area contributed by atoms with Gasteiger partial charge in [0.2, 0.25) is 0 Å². The molecule has 2 aromatic rings. The van der Waals surface area contributed by atoms with Crippen LogP contribution in [0.2, 0.25) is 0 Å². The van der Waals surface area contributed by atoms with Crippen molar-refractivity contribution >= 4 is 58.8 Å². The van der Waals surface area contributed by atoms with Gasteiger partial charge in [-0.25, -0.2) is 0 Å². The van der Waals surface area contributed by atoms with E-state index in [1.165, 1.54) is 24.8 Å². The first-order valence-corrected chi connectivity index (χ1v) is 23.7. The van der Waals surface area contributed by atoms with E-state index in [2.05, 4.69) is 51.9 Å². The first-order valence-electron chi connectivity index (χ1n) is 12.5. The summed E-state index contributed by atoms with van der Waals surface area (Å²) in [6.07, 6.45) is 5.72. The van der Waals surface area contributed by atoms with Crippen molar-refractivity contribution in [3.8, 4) is 5.75 Å². The molecular formula is C29H33BI3N2O2-. The van der Waals surface area contributed by atoms with Gasteiger partial charge < -0.3 is 5.11 Å². The second kappa shape index (κ2) is 14.4. The fraction of sp³-hybridized carbons (Fsp3) is 0.345. The SMILES string of the molecule is [B]C1=C2I=C(c3ccccc3C)C=C(NCCCCNC(=O)Cc3ccc(C)c(O)c3)CC2C[I-]I=C1. The number of amides is 1. The van der Waals surface area contributed by atoms with E-state index in [0.29, 0.717) is 18.9 Å². The van der Waals surface area contributed by atoms with Crippen molar-refractivity contribution < 1.29 is 27.1 Å². The predicted octanol–water partition coefficient (Wildman–Crippen LogP) is 2.30. The van der Waals surface area contributed by atoms with Crippen LogP contribution in [0, 0.1) is 19.8 Å². The Hall–Kier alpha value is -1.02. The number of alkyl halides is 1. The van der Waals surface area contributed by atoms with Crippen LogP contribution in [0.3, 0.4) is 0 Å². The molecule has 196 valence electrons. The van der Waals surface area contributed by atoms with Gasteiger partial charge in [-0.1, -0.05) is 12.1 Å². The molecule has 8 heteroatoms. The number of nitrogens with one attached hydrogen (secondary N) is 2. The van der Waals surface area contributed by atoms with Crippen LogP contribution in [0.1, 0.15) is 41.5 Å². The summed E-state index contributed by atoms with van der Waals surface area (Å²) in [5.41, 5.74) is 6.81. The number of rotatable bonds is 9. The fourth-order valence-corrected chi connectivity index (χ4v) is 18.0. The van der Waals surface area contributed by atoms with Crippen LogP contribution >= 0.6 is 37.5 Å². The molecule has 2 aliphatic heterocycles. The Bertz CT molecular complexity index is 1270. The number of allylic oxidation sites excluding steroid dienone is 4. The Kier molecular flexibility index (Phi) is 11.3. The summed E-state index contributed by atoms with van der Waals surface area (Å²) in [6.45, 7) is 5.63. The molecule has 4 rings (SSSR count). The molecule has 3 N–H and O–H groups in total. The van der Waals surface area contributed by atoms with Crippen molar-refractivity contribution in [2.24, 2.45) is 5.92 Å². The summed E-state index contributed by atoms with van der Waals surface area (Å²) < 4.78 is 6.81. The molecule has 2 heterocycles. The third-order valence-corrected chi connectivity index (χ3v) is 18.6. The Balaban J connectivity index is 1.32. The number of carbonyl (C=O) groups is 1. The third-order valence-electron chi connectivity index (χ3n) is 6.39. The number of benzene rings is 2. The molecule has 37 heavy (non-hydrogen) atoms. The number of halogens is 3. The monoisotopic (exact) mass is 833 g/mol. The standard InChI is InChI=1S/C29H33BI3N2O2/c1-19-7-3-4-8-24(19)26-16-23(15-22-17-31-32-18-25(30)29(22)33-26)34-11-5-6-12-35-28(37)14-21-10-9-20(2)27(36)13-21/h3-4,7-10,13,16,18,22,34,36H,5-6,11-12,14-15,17H2,1-2H3,(H,35,37)/q-1. The molecule has 0 fully saturated rings. The van der Waals surface area contributed by atoms with Crippen LogP contribution in [-0.4, -0.2) is 43.9 Å². The predicted molar refractivity (Wildman–Crippen MR) is 170 cm³/mol. The molecule has 2 radical (unpaired) electrons. The minimum atomic E-state index is -0.284. The molecule has 2 aromatic carbocycles. The minimum absolute atomic E-state index is 0.00252. The Morgan fingerprint density at radius 3 is 2.76 bits per heavy atom. The van der Waals surface area contributed by atoms with Crippen molar-refractivity contribution in [1.82, 2.24) is 10.6 Å². The molecule has 0 aliphatic carbocycles. The second-order valence-electron chi connectivity index (χ2n) is 9.36. The summed E-state index contributed by atoms with van der Waals surface area (Å²) >= 11 is 0.191. The van der Waals surface area contributed by atoms with Crippen molar-refractivity contribution in [3.63, 3.8) is 0 Å². The second-order valence-corrected chi connectivity index (χ2v) is 21.8. The Morgan fingerprint density at radius 2 is 1.95 bits per heavy atom. The van der Waals surface area contributed by atoms with E-state index in [4.69, 9.17) is 7.85 Å². The van der Waals surface area contributed by atoms with Gasteiger partial charge in [0.05, 0.1) is 0 Å². The summed E-state index contributed by atoms with van der Waals surface area (Å²) in [5, 5.41) is 16.6. The molecule has 4 nitrogen and oxygen atoms in total. The molecule has 0 saturated heterocycles. The van der Waals surface area contributed by atoms with Crippen LogP contribution in [0.15, 0.2) is 63.3 Å². The first-order chi connectivity index (χ1) is 17.9. The number of unbranched alkanes of at least 4 members (excludes halogenated alkanes) is 1. The Morgan fingerprint density at radius 1 is 1.14 bits per heavy atom. The van der Waals surface area contributed by atoms with E-state index in [1.54, 1.807) is 9.65 Å². The van der Waals surface area contributed by atoms with Crippen LogP contribution < -0.4 is 27.9 Å². The zero-order valence-electron chi connectivity index (χ0n) is 21.3. The first kappa shape index (κ1) is 29.0. The third kappa shape index (κ3) is 8.48. The average Bonchev–Trinajstić information content (AvgIpc) is 3.16. The van der Waals surface area contributed by atoms with Gasteiger partial charge in [-0.05, 0) is 24.1 Å². The van der Waals surface area contributed by atoms with Gasteiger partial charge in [-0.3, -0.25) is 0 Å². The molecule has 2 aliphatic rings. The molecular weight excluding hydrogens is 800 g/mol. The van der Waals surface area contributed by atoms with E-state index in [1.807, 2.05) is 19.1 Å². The van der Waals surface area contributed by atoms with Gasteiger partial charge in [0.15, 0.2) is 0 Å². The zero-order chi connectivity index (χ0) is 26.2. The summed E-state index contributed by atoms with van der Waals surface area (Å²) in [5.74, 6) is 0.849. The number of carbonyl (C=O) groups excluding carboxylic acids is 1. The van der Waals surface area contributed by atoms with Gasteiger partial charge in [0, 0.05) is 0 Å². The number of aryl methyl sites for hydroxylation is 2. The number of aromatic hydroxyl groups is 1. The number of hydrogen-bond acceptors (Lipinski definition) is 3. The summed E-state index contributed by atoms with van der Waals surface area (Å²) in [7, 11) is 6.62. The molecule has 1 amide bonds. The molecule has 1 atom stereocenters. The summed E-state index contributed by atoms with van der Waals surface area (Å²) in [6, 6.07) is 14.1.